The molecule has 2 unspecified atom stereocenters. The number of esters is 2. The van der Waals surface area contributed by atoms with Gasteiger partial charge in [0.1, 0.15) is 0 Å². The molecule has 0 heterocycles. The molecule has 0 aromatic heterocycles. The Balaban J connectivity index is 4.38. The number of rotatable bonds is 10. The fourth-order valence-electron chi connectivity index (χ4n) is 1.84. The van der Waals surface area contributed by atoms with Crippen LogP contribution in [0.2, 0.25) is 0 Å². The van der Waals surface area contributed by atoms with E-state index in [1.54, 1.807) is 6.92 Å². The van der Waals surface area contributed by atoms with Crippen molar-refractivity contribution >= 4 is 11.9 Å². The molecule has 2 atom stereocenters. The maximum atomic E-state index is 11.9. The number of unbranched alkanes of at least 4 members (excludes halogenated alkanes) is 2. The molecule has 0 aliphatic heterocycles. The van der Waals surface area contributed by atoms with Gasteiger partial charge >= 0.3 is 11.9 Å². The minimum Gasteiger partial charge on any atom is -0.423 e. The quantitative estimate of drug-likeness (QED) is 0.343. The molecule has 20 heavy (non-hydrogen) atoms. The number of hydrogen-bond acceptors (Lipinski definition) is 4. The third kappa shape index (κ3) is 7.51. The van der Waals surface area contributed by atoms with Gasteiger partial charge in [0.05, 0.1) is 5.92 Å². The van der Waals surface area contributed by atoms with Crippen LogP contribution in [0.5, 0.6) is 0 Å². The predicted molar refractivity (Wildman–Crippen MR) is 79.1 cm³/mol. The van der Waals surface area contributed by atoms with Gasteiger partial charge < -0.3 is 9.47 Å². The van der Waals surface area contributed by atoms with E-state index in [1.165, 1.54) is 0 Å². The Labute approximate surface area is 123 Å². The summed E-state index contributed by atoms with van der Waals surface area (Å²) < 4.78 is 10.7. The highest BCUT2D eigenvalue weighted by Crippen LogP contribution is 2.22. The Bertz CT molecular complexity index is 301. The third-order valence-electron chi connectivity index (χ3n) is 3.40. The van der Waals surface area contributed by atoms with Gasteiger partial charge in [0.15, 0.2) is 0 Å². The van der Waals surface area contributed by atoms with Gasteiger partial charge in [0.25, 0.3) is 5.79 Å². The van der Waals surface area contributed by atoms with Gasteiger partial charge in [-0.3, -0.25) is 9.59 Å². The fourth-order valence-corrected chi connectivity index (χ4v) is 1.84. The van der Waals surface area contributed by atoms with E-state index in [0.717, 1.165) is 32.1 Å². The van der Waals surface area contributed by atoms with Crippen LogP contribution in [0.3, 0.4) is 0 Å². The Kier molecular flexibility index (Phi) is 9.26. The first-order valence-electron chi connectivity index (χ1n) is 7.83. The van der Waals surface area contributed by atoms with Crippen molar-refractivity contribution in [2.75, 3.05) is 0 Å². The summed E-state index contributed by atoms with van der Waals surface area (Å²) in [5, 5.41) is 0. The lowest BCUT2D eigenvalue weighted by Gasteiger charge is -2.29. The van der Waals surface area contributed by atoms with Crippen LogP contribution >= 0.6 is 0 Å². The molecule has 0 aliphatic carbocycles. The van der Waals surface area contributed by atoms with Gasteiger partial charge in [-0.1, -0.05) is 47.0 Å². The molecule has 0 N–H and O–H groups in total. The SMILES string of the molecule is CCCCCC(=O)OC(C)(CC)OC(=O)C(C)CCC. The van der Waals surface area contributed by atoms with Crippen molar-refractivity contribution < 1.29 is 19.1 Å². The molecule has 0 bridgehead atoms. The molecule has 0 aromatic carbocycles. The lowest BCUT2D eigenvalue weighted by Crippen LogP contribution is -2.38. The van der Waals surface area contributed by atoms with Crippen LogP contribution in [0.1, 0.15) is 79.6 Å². The topological polar surface area (TPSA) is 52.6 Å². The second kappa shape index (κ2) is 9.78. The zero-order valence-electron chi connectivity index (χ0n) is 13.7. The van der Waals surface area contributed by atoms with E-state index in [0.29, 0.717) is 12.8 Å². The molecular formula is C16H30O4. The fraction of sp³-hybridized carbons (Fsp3) is 0.875. The molecule has 0 aromatic rings. The zero-order valence-corrected chi connectivity index (χ0v) is 13.7. The summed E-state index contributed by atoms with van der Waals surface area (Å²) in [5.74, 6) is -1.89. The highest BCUT2D eigenvalue weighted by molar-refractivity contribution is 5.73. The third-order valence-corrected chi connectivity index (χ3v) is 3.40. The molecule has 4 nitrogen and oxygen atoms in total. The predicted octanol–water partition coefficient (Wildman–Crippen LogP) is 4.22. The maximum absolute atomic E-state index is 11.9. The van der Waals surface area contributed by atoms with Crippen LogP contribution in [0.15, 0.2) is 0 Å². The molecular weight excluding hydrogens is 256 g/mol. The van der Waals surface area contributed by atoms with Crippen LogP contribution in [-0.4, -0.2) is 17.7 Å². The summed E-state index contributed by atoms with van der Waals surface area (Å²) in [5.41, 5.74) is 0. The van der Waals surface area contributed by atoms with Crippen LogP contribution in [0.25, 0.3) is 0 Å². The Hall–Kier alpha value is -1.06. The van der Waals surface area contributed by atoms with Crippen LogP contribution < -0.4 is 0 Å². The molecule has 0 spiro atoms. The van der Waals surface area contributed by atoms with Gasteiger partial charge in [-0.25, -0.2) is 0 Å². The molecule has 0 saturated heterocycles. The second-order valence-electron chi connectivity index (χ2n) is 5.53. The highest BCUT2D eigenvalue weighted by Gasteiger charge is 2.32. The van der Waals surface area contributed by atoms with Crippen LogP contribution in [0.4, 0.5) is 0 Å². The van der Waals surface area contributed by atoms with E-state index < -0.39 is 5.79 Å². The Morgan fingerprint density at radius 1 is 1.05 bits per heavy atom. The number of carbonyl (C=O) groups is 2. The second-order valence-corrected chi connectivity index (χ2v) is 5.53. The molecule has 4 heteroatoms. The largest absolute Gasteiger partial charge is 0.423 e. The first kappa shape index (κ1) is 18.9. The maximum Gasteiger partial charge on any atom is 0.311 e. The summed E-state index contributed by atoms with van der Waals surface area (Å²) >= 11 is 0. The molecule has 0 aliphatic rings. The Morgan fingerprint density at radius 3 is 2.20 bits per heavy atom. The molecule has 0 radical (unpaired) electrons. The van der Waals surface area contributed by atoms with Crippen LogP contribution in [-0.2, 0) is 19.1 Å². The summed E-state index contributed by atoms with van der Waals surface area (Å²) in [6.45, 7) is 9.44. The highest BCUT2D eigenvalue weighted by atomic mass is 16.7. The van der Waals surface area contributed by atoms with Gasteiger partial charge in [-0.05, 0) is 12.8 Å². The molecule has 118 valence electrons. The van der Waals surface area contributed by atoms with Gasteiger partial charge in [0.2, 0.25) is 0 Å². The number of ether oxygens (including phenoxy) is 2. The summed E-state index contributed by atoms with van der Waals surface area (Å²) in [4.78, 5) is 23.7. The molecule has 0 saturated carbocycles. The van der Waals surface area contributed by atoms with Gasteiger partial charge in [0, 0.05) is 19.8 Å². The van der Waals surface area contributed by atoms with E-state index in [4.69, 9.17) is 9.47 Å². The van der Waals surface area contributed by atoms with E-state index >= 15 is 0 Å². The van der Waals surface area contributed by atoms with Crippen molar-refractivity contribution in [2.45, 2.75) is 85.4 Å². The van der Waals surface area contributed by atoms with Crippen molar-refractivity contribution in [2.24, 2.45) is 5.92 Å². The monoisotopic (exact) mass is 286 g/mol. The normalized spacial score (nSPS) is 15.2. The number of hydrogen-bond donors (Lipinski definition) is 0. The van der Waals surface area contributed by atoms with E-state index in [9.17, 15) is 9.59 Å². The lowest BCUT2D eigenvalue weighted by atomic mass is 10.1. The van der Waals surface area contributed by atoms with Crippen molar-refractivity contribution in [3.8, 4) is 0 Å². The summed E-state index contributed by atoms with van der Waals surface area (Å²) in [7, 11) is 0. The standard InChI is InChI=1S/C16H30O4/c1-6-9-10-12-14(17)19-16(5,8-3)20-15(18)13(4)11-7-2/h13H,6-12H2,1-5H3. The van der Waals surface area contributed by atoms with E-state index in [-0.39, 0.29) is 17.9 Å². The Morgan fingerprint density at radius 2 is 1.70 bits per heavy atom. The van der Waals surface area contributed by atoms with Crippen molar-refractivity contribution in [1.82, 2.24) is 0 Å². The minimum atomic E-state index is -1.14. The summed E-state index contributed by atoms with van der Waals surface area (Å²) in [6.07, 6.45) is 5.42. The average Bonchev–Trinajstić information content (AvgIpc) is 2.39. The number of carbonyl (C=O) groups excluding carboxylic acids is 2. The zero-order chi connectivity index (χ0) is 15.6. The van der Waals surface area contributed by atoms with Crippen molar-refractivity contribution in [3.05, 3.63) is 0 Å². The van der Waals surface area contributed by atoms with E-state index in [2.05, 4.69) is 6.92 Å². The van der Waals surface area contributed by atoms with Gasteiger partial charge in [-0.2, -0.15) is 0 Å². The smallest absolute Gasteiger partial charge is 0.311 e. The molecule has 0 amide bonds. The molecule has 0 rings (SSSR count). The molecule has 0 fully saturated rings. The van der Waals surface area contributed by atoms with Gasteiger partial charge in [-0.15, -0.1) is 0 Å². The first-order valence-corrected chi connectivity index (χ1v) is 7.83. The van der Waals surface area contributed by atoms with E-state index in [1.807, 2.05) is 20.8 Å². The van der Waals surface area contributed by atoms with Crippen LogP contribution in [0, 0.1) is 5.92 Å². The summed E-state index contributed by atoms with van der Waals surface area (Å²) in [6, 6.07) is 0. The van der Waals surface area contributed by atoms with Crippen molar-refractivity contribution in [3.63, 3.8) is 0 Å². The minimum absolute atomic E-state index is 0.162. The lowest BCUT2D eigenvalue weighted by molar-refractivity contribution is -0.226. The van der Waals surface area contributed by atoms with Crippen molar-refractivity contribution in [1.29, 1.82) is 0 Å². The average molecular weight is 286 g/mol. The first-order chi connectivity index (χ1) is 9.38.